The normalized spacial score (nSPS) is 14.6. The monoisotopic (exact) mass is 446 g/mol. The van der Waals surface area contributed by atoms with Gasteiger partial charge < -0.3 is 19.9 Å². The molecule has 0 bridgehead atoms. The molecule has 3 N–H and O–H groups in total. The minimum absolute atomic E-state index is 0.131. The SMILES string of the molecule is COc1cc(/C=C2/NC(=O)NC2=O)cc(Br)c1OCc1ccc(C(=O)O)cc1. The van der Waals surface area contributed by atoms with Crippen molar-refractivity contribution in [1.82, 2.24) is 10.6 Å². The second-order valence-electron chi connectivity index (χ2n) is 5.79. The van der Waals surface area contributed by atoms with E-state index in [2.05, 4.69) is 26.6 Å². The van der Waals surface area contributed by atoms with Crippen LogP contribution in [-0.2, 0) is 11.4 Å². The van der Waals surface area contributed by atoms with E-state index >= 15 is 0 Å². The third kappa shape index (κ3) is 4.32. The fraction of sp³-hybridized carbons (Fsp3) is 0.105. The summed E-state index contributed by atoms with van der Waals surface area (Å²) in [6.07, 6.45) is 1.52. The number of halogens is 1. The van der Waals surface area contributed by atoms with Gasteiger partial charge in [0.05, 0.1) is 17.1 Å². The zero-order chi connectivity index (χ0) is 20.3. The molecule has 1 fully saturated rings. The van der Waals surface area contributed by atoms with E-state index in [9.17, 15) is 14.4 Å². The highest BCUT2D eigenvalue weighted by Crippen LogP contribution is 2.37. The van der Waals surface area contributed by atoms with E-state index in [4.69, 9.17) is 14.6 Å². The molecule has 3 amide bonds. The molecule has 3 rings (SSSR count). The van der Waals surface area contributed by atoms with Crippen molar-refractivity contribution in [3.8, 4) is 11.5 Å². The van der Waals surface area contributed by atoms with Crippen LogP contribution in [0.3, 0.4) is 0 Å². The molecule has 0 atom stereocenters. The molecular weight excluding hydrogens is 432 g/mol. The van der Waals surface area contributed by atoms with Crippen molar-refractivity contribution < 1.29 is 29.0 Å². The van der Waals surface area contributed by atoms with Gasteiger partial charge in [0.15, 0.2) is 11.5 Å². The van der Waals surface area contributed by atoms with Gasteiger partial charge in [-0.2, -0.15) is 0 Å². The molecule has 0 saturated carbocycles. The van der Waals surface area contributed by atoms with Gasteiger partial charge in [-0.1, -0.05) is 12.1 Å². The molecule has 8 nitrogen and oxygen atoms in total. The van der Waals surface area contributed by atoms with Crippen LogP contribution in [0.5, 0.6) is 11.5 Å². The second kappa shape index (κ2) is 8.13. The van der Waals surface area contributed by atoms with E-state index < -0.39 is 17.9 Å². The average molecular weight is 447 g/mol. The maximum absolute atomic E-state index is 11.7. The number of imide groups is 1. The van der Waals surface area contributed by atoms with Gasteiger partial charge >= 0.3 is 12.0 Å². The van der Waals surface area contributed by atoms with Crippen molar-refractivity contribution in [2.75, 3.05) is 7.11 Å². The lowest BCUT2D eigenvalue weighted by Gasteiger charge is -2.14. The molecule has 2 aromatic rings. The number of aromatic carboxylic acids is 1. The van der Waals surface area contributed by atoms with E-state index in [-0.39, 0.29) is 17.9 Å². The Morgan fingerprint density at radius 2 is 1.89 bits per heavy atom. The fourth-order valence-electron chi connectivity index (χ4n) is 2.51. The highest BCUT2D eigenvalue weighted by molar-refractivity contribution is 9.10. The quantitative estimate of drug-likeness (QED) is 0.464. The van der Waals surface area contributed by atoms with Crippen molar-refractivity contribution in [2.45, 2.75) is 6.61 Å². The second-order valence-corrected chi connectivity index (χ2v) is 6.65. The topological polar surface area (TPSA) is 114 Å². The van der Waals surface area contributed by atoms with Crippen molar-refractivity contribution in [3.05, 3.63) is 63.3 Å². The Bertz CT molecular complexity index is 985. The third-order valence-electron chi connectivity index (χ3n) is 3.87. The van der Waals surface area contributed by atoms with Crippen LogP contribution in [0, 0.1) is 0 Å². The molecule has 1 aliphatic heterocycles. The first kappa shape index (κ1) is 19.4. The summed E-state index contributed by atoms with van der Waals surface area (Å²) >= 11 is 3.42. The Hall–Kier alpha value is -3.33. The first-order valence-electron chi connectivity index (χ1n) is 8.04. The third-order valence-corrected chi connectivity index (χ3v) is 4.46. The van der Waals surface area contributed by atoms with E-state index in [0.717, 1.165) is 5.56 Å². The molecule has 2 aromatic carbocycles. The number of hydrogen-bond donors (Lipinski definition) is 3. The summed E-state index contributed by atoms with van der Waals surface area (Å²) < 4.78 is 11.8. The summed E-state index contributed by atoms with van der Waals surface area (Å²) in [6, 6.07) is 9.16. The smallest absolute Gasteiger partial charge is 0.335 e. The highest BCUT2D eigenvalue weighted by atomic mass is 79.9. The summed E-state index contributed by atoms with van der Waals surface area (Å²) in [5, 5.41) is 13.5. The number of carbonyl (C=O) groups is 3. The number of carbonyl (C=O) groups excluding carboxylic acids is 2. The maximum atomic E-state index is 11.7. The molecule has 1 saturated heterocycles. The Morgan fingerprint density at radius 3 is 2.46 bits per heavy atom. The largest absolute Gasteiger partial charge is 0.493 e. The Kier molecular flexibility index (Phi) is 5.65. The van der Waals surface area contributed by atoms with Gasteiger partial charge in [0.2, 0.25) is 0 Å². The Morgan fingerprint density at radius 1 is 1.18 bits per heavy atom. The molecule has 28 heavy (non-hydrogen) atoms. The number of ether oxygens (including phenoxy) is 2. The lowest BCUT2D eigenvalue weighted by atomic mass is 10.1. The summed E-state index contributed by atoms with van der Waals surface area (Å²) in [7, 11) is 1.48. The van der Waals surface area contributed by atoms with Crippen LogP contribution in [0.4, 0.5) is 4.79 Å². The lowest BCUT2D eigenvalue weighted by molar-refractivity contribution is -0.115. The van der Waals surface area contributed by atoms with Crippen LogP contribution in [0.1, 0.15) is 21.5 Å². The first-order chi connectivity index (χ1) is 13.4. The van der Waals surface area contributed by atoms with Crippen LogP contribution in [-0.4, -0.2) is 30.1 Å². The molecule has 0 spiro atoms. The molecular formula is C19H15BrN2O6. The lowest BCUT2D eigenvalue weighted by Crippen LogP contribution is -2.22. The molecule has 0 radical (unpaired) electrons. The number of urea groups is 1. The van der Waals surface area contributed by atoms with Gasteiger partial charge in [-0.25, -0.2) is 9.59 Å². The van der Waals surface area contributed by atoms with Crippen LogP contribution in [0.2, 0.25) is 0 Å². The van der Waals surface area contributed by atoms with E-state index in [1.165, 1.54) is 25.3 Å². The van der Waals surface area contributed by atoms with Gasteiger partial charge in [0.25, 0.3) is 5.91 Å². The van der Waals surface area contributed by atoms with Gasteiger partial charge in [0.1, 0.15) is 12.3 Å². The minimum Gasteiger partial charge on any atom is -0.493 e. The zero-order valence-electron chi connectivity index (χ0n) is 14.6. The van der Waals surface area contributed by atoms with Crippen LogP contribution < -0.4 is 20.1 Å². The number of hydrogen-bond acceptors (Lipinski definition) is 5. The number of rotatable bonds is 6. The molecule has 9 heteroatoms. The molecule has 0 aliphatic carbocycles. The summed E-state index contributed by atoms with van der Waals surface area (Å²) in [5.41, 5.74) is 1.74. The zero-order valence-corrected chi connectivity index (χ0v) is 16.2. The van der Waals surface area contributed by atoms with Gasteiger partial charge in [-0.15, -0.1) is 0 Å². The summed E-state index contributed by atoms with van der Waals surface area (Å²) in [4.78, 5) is 33.8. The van der Waals surface area contributed by atoms with Crippen molar-refractivity contribution in [1.29, 1.82) is 0 Å². The van der Waals surface area contributed by atoms with Crippen LogP contribution >= 0.6 is 15.9 Å². The number of benzene rings is 2. The maximum Gasteiger partial charge on any atom is 0.335 e. The molecule has 144 valence electrons. The van der Waals surface area contributed by atoms with E-state index in [0.29, 0.717) is 21.5 Å². The molecule has 0 unspecified atom stereocenters. The average Bonchev–Trinajstić information content (AvgIpc) is 2.97. The van der Waals surface area contributed by atoms with E-state index in [1.54, 1.807) is 24.3 Å². The minimum atomic E-state index is -0.992. The number of methoxy groups -OCH3 is 1. The molecule has 1 aliphatic rings. The highest BCUT2D eigenvalue weighted by Gasteiger charge is 2.23. The summed E-state index contributed by atoms with van der Waals surface area (Å²) in [5.74, 6) is -0.626. The van der Waals surface area contributed by atoms with Gasteiger partial charge in [0, 0.05) is 0 Å². The van der Waals surface area contributed by atoms with Crippen LogP contribution in [0.25, 0.3) is 6.08 Å². The summed E-state index contributed by atoms with van der Waals surface area (Å²) in [6.45, 7) is 0.202. The van der Waals surface area contributed by atoms with Crippen molar-refractivity contribution in [2.24, 2.45) is 0 Å². The van der Waals surface area contributed by atoms with Gasteiger partial charge in [-0.3, -0.25) is 10.1 Å². The fourth-order valence-corrected chi connectivity index (χ4v) is 3.09. The van der Waals surface area contributed by atoms with Crippen LogP contribution in [0.15, 0.2) is 46.6 Å². The molecule has 1 heterocycles. The van der Waals surface area contributed by atoms with Gasteiger partial charge in [-0.05, 0) is 57.4 Å². The number of carboxylic acids is 1. The Balaban J connectivity index is 1.80. The molecule has 0 aromatic heterocycles. The Labute approximate surface area is 168 Å². The predicted molar refractivity (Wildman–Crippen MR) is 103 cm³/mol. The predicted octanol–water partition coefficient (Wildman–Crippen LogP) is 2.92. The number of amides is 3. The van der Waals surface area contributed by atoms with E-state index in [1.807, 2.05) is 0 Å². The number of carboxylic acid groups (broad SMARTS) is 1. The first-order valence-corrected chi connectivity index (χ1v) is 8.83. The van der Waals surface area contributed by atoms with Crippen molar-refractivity contribution in [3.63, 3.8) is 0 Å². The standard InChI is InChI=1S/C19H15BrN2O6/c1-27-15-8-11(7-14-17(23)22-19(26)21-14)6-13(20)16(15)28-9-10-2-4-12(5-3-10)18(24)25/h2-8H,9H2,1H3,(H,24,25)(H2,21,22,23,26)/b14-7+. The number of nitrogens with one attached hydrogen (secondary N) is 2. The van der Waals surface area contributed by atoms with Crippen molar-refractivity contribution >= 4 is 39.9 Å².